The average Bonchev–Trinajstić information content (AvgIpc) is 2.95. The molecule has 0 saturated heterocycles. The van der Waals surface area contributed by atoms with Crippen molar-refractivity contribution in [1.82, 2.24) is 10.6 Å². The Morgan fingerprint density at radius 3 is 2.45 bits per heavy atom. The summed E-state index contributed by atoms with van der Waals surface area (Å²) in [7, 11) is 3.12. The molecule has 38 heavy (non-hydrogen) atoms. The van der Waals surface area contributed by atoms with Gasteiger partial charge in [-0.1, -0.05) is 30.3 Å². The highest BCUT2D eigenvalue weighted by molar-refractivity contribution is 5.95. The second-order valence-electron chi connectivity index (χ2n) is 8.55. The minimum atomic E-state index is -0.797. The van der Waals surface area contributed by atoms with E-state index in [2.05, 4.69) is 10.6 Å². The van der Waals surface area contributed by atoms with Gasteiger partial charge >= 0.3 is 12.0 Å². The van der Waals surface area contributed by atoms with Crippen LogP contribution in [0.3, 0.4) is 0 Å². The molecule has 0 fully saturated rings. The molecular weight excluding hydrogens is 489 g/mol. The van der Waals surface area contributed by atoms with Crippen LogP contribution in [0.1, 0.15) is 34.7 Å². The smallest absolute Gasteiger partial charge is 0.338 e. The van der Waals surface area contributed by atoms with Gasteiger partial charge in [-0.3, -0.25) is 0 Å². The fourth-order valence-electron chi connectivity index (χ4n) is 4.20. The second-order valence-corrected chi connectivity index (χ2v) is 8.55. The van der Waals surface area contributed by atoms with Crippen molar-refractivity contribution in [2.24, 2.45) is 0 Å². The number of hydrogen-bond acceptors (Lipinski definition) is 6. The molecule has 2 amide bonds. The molecule has 1 aliphatic rings. The molecule has 4 rings (SSSR count). The number of carbonyl (C=O) groups is 2. The molecule has 9 heteroatoms. The van der Waals surface area contributed by atoms with Gasteiger partial charge in [-0.2, -0.15) is 5.26 Å². The van der Waals surface area contributed by atoms with Crippen LogP contribution in [-0.2, 0) is 22.6 Å². The number of nitrogens with zero attached hydrogens (tertiary/aromatic N) is 1. The number of carbonyl (C=O) groups excluding carboxylic acids is 2. The quantitative estimate of drug-likeness (QED) is 0.400. The van der Waals surface area contributed by atoms with Crippen LogP contribution >= 0.6 is 0 Å². The van der Waals surface area contributed by atoms with Crippen molar-refractivity contribution < 1.29 is 28.2 Å². The lowest BCUT2D eigenvalue weighted by Gasteiger charge is -2.29. The number of esters is 1. The van der Waals surface area contributed by atoms with Crippen LogP contribution in [0.2, 0.25) is 0 Å². The van der Waals surface area contributed by atoms with Crippen molar-refractivity contribution in [2.75, 3.05) is 14.2 Å². The zero-order chi connectivity index (χ0) is 27.1. The maximum absolute atomic E-state index is 13.7. The van der Waals surface area contributed by atoms with E-state index in [9.17, 15) is 14.0 Å². The number of amides is 2. The zero-order valence-corrected chi connectivity index (χ0v) is 20.9. The molecule has 1 aliphatic heterocycles. The normalized spacial score (nSPS) is 14.7. The van der Waals surface area contributed by atoms with E-state index in [0.29, 0.717) is 41.2 Å². The van der Waals surface area contributed by atoms with Crippen molar-refractivity contribution in [3.05, 3.63) is 106 Å². The van der Waals surface area contributed by atoms with Gasteiger partial charge in [0.1, 0.15) is 30.0 Å². The molecular formula is C29H26FN3O5. The highest BCUT2D eigenvalue weighted by Gasteiger charge is 2.34. The number of methoxy groups -OCH3 is 2. The predicted octanol–water partition coefficient (Wildman–Crippen LogP) is 4.70. The molecule has 1 unspecified atom stereocenters. The molecule has 8 nitrogen and oxygen atoms in total. The van der Waals surface area contributed by atoms with E-state index in [0.717, 1.165) is 11.6 Å². The van der Waals surface area contributed by atoms with Crippen LogP contribution < -0.4 is 20.1 Å². The number of allylic oxidation sites excluding steroid dienone is 1. The summed E-state index contributed by atoms with van der Waals surface area (Å²) in [5, 5.41) is 14.7. The molecule has 3 aromatic carbocycles. The number of urea groups is 1. The first-order valence-corrected chi connectivity index (χ1v) is 11.8. The van der Waals surface area contributed by atoms with Gasteiger partial charge in [0.25, 0.3) is 0 Å². The lowest BCUT2D eigenvalue weighted by molar-refractivity contribution is -0.140. The Morgan fingerprint density at radius 1 is 0.974 bits per heavy atom. The van der Waals surface area contributed by atoms with Crippen LogP contribution in [0, 0.1) is 17.1 Å². The molecule has 0 radical (unpaired) electrons. The van der Waals surface area contributed by atoms with Crippen LogP contribution in [0.5, 0.6) is 11.5 Å². The summed E-state index contributed by atoms with van der Waals surface area (Å²) in [5.74, 6) is -0.0387. The number of benzene rings is 3. The van der Waals surface area contributed by atoms with Crippen LogP contribution in [0.25, 0.3) is 0 Å². The summed E-state index contributed by atoms with van der Waals surface area (Å²) < 4.78 is 29.9. The first kappa shape index (κ1) is 26.2. The second kappa shape index (κ2) is 11.9. The number of halogens is 1. The third-order valence-corrected chi connectivity index (χ3v) is 6.12. The highest BCUT2D eigenvalue weighted by Crippen LogP contribution is 2.31. The van der Waals surface area contributed by atoms with E-state index in [1.165, 1.54) is 19.2 Å². The van der Waals surface area contributed by atoms with Crippen LogP contribution in [0.4, 0.5) is 9.18 Å². The lowest BCUT2D eigenvalue weighted by atomic mass is 9.93. The van der Waals surface area contributed by atoms with Gasteiger partial charge in [-0.25, -0.2) is 14.0 Å². The molecule has 0 aliphatic carbocycles. The summed E-state index contributed by atoms with van der Waals surface area (Å²) in [6.07, 6.45) is 0.874. The van der Waals surface area contributed by atoms with Gasteiger partial charge in [0.15, 0.2) is 0 Å². The number of hydrogen-bond donors (Lipinski definition) is 2. The number of rotatable bonds is 9. The Balaban J connectivity index is 1.67. The van der Waals surface area contributed by atoms with Crippen molar-refractivity contribution in [2.45, 2.75) is 25.5 Å². The van der Waals surface area contributed by atoms with Gasteiger partial charge in [-0.15, -0.1) is 0 Å². The van der Waals surface area contributed by atoms with Gasteiger partial charge in [0.2, 0.25) is 0 Å². The molecule has 3 aromatic rings. The van der Waals surface area contributed by atoms with Gasteiger partial charge in [0, 0.05) is 5.70 Å². The van der Waals surface area contributed by atoms with Gasteiger partial charge in [0.05, 0.1) is 31.4 Å². The summed E-state index contributed by atoms with van der Waals surface area (Å²) in [5.41, 5.74) is 2.58. The Hall–Kier alpha value is -4.84. The third-order valence-electron chi connectivity index (χ3n) is 6.12. The highest BCUT2D eigenvalue weighted by atomic mass is 19.1. The van der Waals surface area contributed by atoms with Crippen molar-refractivity contribution >= 4 is 12.0 Å². The minimum Gasteiger partial charge on any atom is -0.497 e. The molecule has 0 saturated carbocycles. The largest absolute Gasteiger partial charge is 0.497 e. The van der Waals surface area contributed by atoms with E-state index in [-0.39, 0.29) is 17.7 Å². The number of aryl methyl sites for hydroxylation is 1. The lowest BCUT2D eigenvalue weighted by Crippen LogP contribution is -2.46. The molecule has 0 spiro atoms. The Morgan fingerprint density at radius 2 is 1.71 bits per heavy atom. The molecule has 0 aromatic heterocycles. The fourth-order valence-corrected chi connectivity index (χ4v) is 4.20. The van der Waals surface area contributed by atoms with Crippen molar-refractivity contribution in [3.63, 3.8) is 0 Å². The van der Waals surface area contributed by atoms with Crippen molar-refractivity contribution in [1.29, 1.82) is 5.26 Å². The minimum absolute atomic E-state index is 0.141. The van der Waals surface area contributed by atoms with E-state index in [4.69, 9.17) is 19.5 Å². The molecule has 1 atom stereocenters. The summed E-state index contributed by atoms with van der Waals surface area (Å²) >= 11 is 0. The fraction of sp³-hybridized carbons (Fsp3) is 0.207. The Kier molecular flexibility index (Phi) is 8.23. The maximum Gasteiger partial charge on any atom is 0.338 e. The molecule has 1 heterocycles. The monoisotopic (exact) mass is 515 g/mol. The van der Waals surface area contributed by atoms with E-state index in [1.54, 1.807) is 37.4 Å². The number of nitriles is 1. The van der Waals surface area contributed by atoms with Gasteiger partial charge < -0.3 is 24.8 Å². The molecule has 2 N–H and O–H groups in total. The molecule has 0 bridgehead atoms. The Labute approximate surface area is 219 Å². The average molecular weight is 516 g/mol. The SMILES string of the molecule is COc1cccc(CCC2=C(C(=O)OCc3ccc(F)c(C#N)c3)C(c3cccc(OC)c3)NC(=O)N2)c1. The topological polar surface area (TPSA) is 110 Å². The van der Waals surface area contributed by atoms with E-state index >= 15 is 0 Å². The third kappa shape index (κ3) is 6.10. The maximum atomic E-state index is 13.7. The number of nitrogens with one attached hydrogen (secondary N) is 2. The summed E-state index contributed by atoms with van der Waals surface area (Å²) in [6, 6.07) is 19.0. The van der Waals surface area contributed by atoms with Crippen LogP contribution in [0.15, 0.2) is 78.0 Å². The van der Waals surface area contributed by atoms with Crippen LogP contribution in [-0.4, -0.2) is 26.2 Å². The van der Waals surface area contributed by atoms with Crippen molar-refractivity contribution in [3.8, 4) is 17.6 Å². The molecule has 194 valence electrons. The summed E-state index contributed by atoms with van der Waals surface area (Å²) in [4.78, 5) is 26.1. The first-order chi connectivity index (χ1) is 18.4. The Bertz CT molecular complexity index is 1430. The standard InChI is InChI=1S/C29H26FN3O5/c1-36-22-7-3-5-18(14-22)10-12-25-26(28(34)38-17-19-9-11-24(30)21(13-19)16-31)27(33-29(35)32-25)20-6-4-8-23(15-20)37-2/h3-9,11,13-15,27H,10,12,17H2,1-2H3,(H2,32,33,35). The zero-order valence-electron chi connectivity index (χ0n) is 20.9. The first-order valence-electron chi connectivity index (χ1n) is 11.8. The van der Waals surface area contributed by atoms with Gasteiger partial charge in [-0.05, 0) is 65.9 Å². The number of ether oxygens (including phenoxy) is 3. The summed E-state index contributed by atoms with van der Waals surface area (Å²) in [6.45, 7) is -0.181. The predicted molar refractivity (Wildman–Crippen MR) is 137 cm³/mol. The van der Waals surface area contributed by atoms with E-state index < -0.39 is 23.9 Å². The van der Waals surface area contributed by atoms with E-state index in [1.807, 2.05) is 24.3 Å².